The van der Waals surface area contributed by atoms with Gasteiger partial charge in [-0.05, 0) is 31.0 Å². The third-order valence-corrected chi connectivity index (χ3v) is 3.74. The minimum absolute atomic E-state index is 0.196. The molecular formula is C17H18N4O. The molecule has 5 nitrogen and oxygen atoms in total. The van der Waals surface area contributed by atoms with Crippen molar-refractivity contribution in [1.82, 2.24) is 19.7 Å². The van der Waals surface area contributed by atoms with Crippen LogP contribution in [0.25, 0.3) is 16.9 Å². The number of hydrogen-bond acceptors (Lipinski definition) is 3. The predicted octanol–water partition coefficient (Wildman–Crippen LogP) is 2.75. The fraction of sp³-hybridized carbons (Fsp3) is 0.235. The van der Waals surface area contributed by atoms with Gasteiger partial charge in [-0.3, -0.25) is 4.79 Å². The van der Waals surface area contributed by atoms with Crippen LogP contribution < -0.4 is 5.56 Å². The van der Waals surface area contributed by atoms with Crippen molar-refractivity contribution in [1.29, 1.82) is 0 Å². The molecule has 0 aliphatic heterocycles. The summed E-state index contributed by atoms with van der Waals surface area (Å²) in [5.41, 5.74) is 5.00. The van der Waals surface area contributed by atoms with Crippen LogP contribution in [0.15, 0.2) is 47.5 Å². The van der Waals surface area contributed by atoms with E-state index in [0.29, 0.717) is 0 Å². The van der Waals surface area contributed by atoms with Gasteiger partial charge in [-0.1, -0.05) is 26.0 Å². The van der Waals surface area contributed by atoms with Crippen LogP contribution in [0, 0.1) is 0 Å². The second kappa shape index (κ2) is 5.97. The molecule has 0 saturated carbocycles. The molecule has 2 aromatic heterocycles. The van der Waals surface area contributed by atoms with Crippen LogP contribution in [0.3, 0.4) is 0 Å². The van der Waals surface area contributed by atoms with Crippen molar-refractivity contribution in [2.75, 3.05) is 0 Å². The van der Waals surface area contributed by atoms with E-state index >= 15 is 0 Å². The molecule has 3 rings (SSSR count). The molecule has 1 aromatic carbocycles. The van der Waals surface area contributed by atoms with Gasteiger partial charge < -0.3 is 4.57 Å². The van der Waals surface area contributed by atoms with E-state index in [0.717, 1.165) is 35.5 Å². The fourth-order valence-corrected chi connectivity index (χ4v) is 2.60. The van der Waals surface area contributed by atoms with E-state index in [4.69, 9.17) is 0 Å². The van der Waals surface area contributed by atoms with Gasteiger partial charge in [0.1, 0.15) is 0 Å². The van der Waals surface area contributed by atoms with Gasteiger partial charge in [0.15, 0.2) is 0 Å². The number of rotatable bonds is 4. The molecule has 0 saturated heterocycles. The lowest BCUT2D eigenvalue weighted by Gasteiger charge is -2.09. The SMILES string of the molecule is CCc1ncn(-c2ccc(-c3ccc(=O)[nH]n3)cc2)c1CC. The number of imidazole rings is 1. The normalized spacial score (nSPS) is 10.8. The monoisotopic (exact) mass is 294 g/mol. The second-order valence-electron chi connectivity index (χ2n) is 5.07. The zero-order valence-corrected chi connectivity index (χ0v) is 12.7. The highest BCUT2D eigenvalue weighted by Crippen LogP contribution is 2.20. The number of H-pyrrole nitrogens is 1. The molecule has 0 radical (unpaired) electrons. The first-order valence-electron chi connectivity index (χ1n) is 7.44. The average molecular weight is 294 g/mol. The van der Waals surface area contributed by atoms with Crippen LogP contribution in [0.1, 0.15) is 25.2 Å². The van der Waals surface area contributed by atoms with Gasteiger partial charge in [-0.2, -0.15) is 5.10 Å². The summed E-state index contributed by atoms with van der Waals surface area (Å²) >= 11 is 0. The van der Waals surface area contributed by atoms with Crippen molar-refractivity contribution < 1.29 is 0 Å². The number of aryl methyl sites for hydroxylation is 1. The highest BCUT2D eigenvalue weighted by atomic mass is 16.1. The smallest absolute Gasteiger partial charge is 0.264 e. The Bertz CT molecular complexity index is 810. The Balaban J connectivity index is 1.96. The van der Waals surface area contributed by atoms with Crippen LogP contribution in [0.2, 0.25) is 0 Å². The third kappa shape index (κ3) is 2.57. The van der Waals surface area contributed by atoms with Crippen LogP contribution in [-0.2, 0) is 12.8 Å². The number of aromatic nitrogens is 4. The average Bonchev–Trinajstić information content (AvgIpc) is 2.98. The van der Waals surface area contributed by atoms with Crippen molar-refractivity contribution in [3.63, 3.8) is 0 Å². The summed E-state index contributed by atoms with van der Waals surface area (Å²) in [4.78, 5) is 15.5. The summed E-state index contributed by atoms with van der Waals surface area (Å²) < 4.78 is 2.13. The number of nitrogens with one attached hydrogen (secondary N) is 1. The Morgan fingerprint density at radius 2 is 1.82 bits per heavy atom. The van der Waals surface area contributed by atoms with Crippen molar-refractivity contribution in [2.24, 2.45) is 0 Å². The number of aromatic amines is 1. The van der Waals surface area contributed by atoms with Crippen molar-refractivity contribution >= 4 is 0 Å². The maximum Gasteiger partial charge on any atom is 0.264 e. The molecule has 0 unspecified atom stereocenters. The van der Waals surface area contributed by atoms with Gasteiger partial charge in [0, 0.05) is 23.0 Å². The summed E-state index contributed by atoms with van der Waals surface area (Å²) in [5, 5.41) is 6.50. The first-order chi connectivity index (χ1) is 10.7. The van der Waals surface area contributed by atoms with Gasteiger partial charge in [-0.25, -0.2) is 10.1 Å². The molecule has 0 spiro atoms. The minimum atomic E-state index is -0.196. The molecule has 0 atom stereocenters. The number of hydrogen-bond donors (Lipinski definition) is 1. The molecule has 0 bridgehead atoms. The molecule has 2 heterocycles. The largest absolute Gasteiger partial charge is 0.303 e. The molecule has 1 N–H and O–H groups in total. The molecular weight excluding hydrogens is 276 g/mol. The molecule has 0 aliphatic rings. The summed E-state index contributed by atoms with van der Waals surface area (Å²) in [7, 11) is 0. The van der Waals surface area contributed by atoms with Crippen LogP contribution >= 0.6 is 0 Å². The highest BCUT2D eigenvalue weighted by Gasteiger charge is 2.09. The Hall–Kier alpha value is -2.69. The Kier molecular flexibility index (Phi) is 3.87. The maximum atomic E-state index is 11.1. The van der Waals surface area contributed by atoms with E-state index in [1.807, 2.05) is 30.6 Å². The summed E-state index contributed by atoms with van der Waals surface area (Å²) in [6.45, 7) is 4.27. The number of benzene rings is 1. The van der Waals surface area contributed by atoms with Crippen LogP contribution in [0.4, 0.5) is 0 Å². The lowest BCUT2D eigenvalue weighted by molar-refractivity contribution is 0.909. The summed E-state index contributed by atoms with van der Waals surface area (Å²) in [6.07, 6.45) is 3.77. The lowest BCUT2D eigenvalue weighted by atomic mass is 10.1. The Labute approximate surface area is 128 Å². The van der Waals surface area contributed by atoms with Gasteiger partial charge in [0.2, 0.25) is 0 Å². The zero-order valence-electron chi connectivity index (χ0n) is 12.7. The molecule has 0 amide bonds. The van der Waals surface area contributed by atoms with E-state index in [-0.39, 0.29) is 5.56 Å². The second-order valence-corrected chi connectivity index (χ2v) is 5.07. The topological polar surface area (TPSA) is 63.6 Å². The summed E-state index contributed by atoms with van der Waals surface area (Å²) in [6, 6.07) is 11.3. The lowest BCUT2D eigenvalue weighted by Crippen LogP contribution is -2.05. The van der Waals surface area contributed by atoms with Crippen molar-refractivity contribution in [3.8, 4) is 16.9 Å². The predicted molar refractivity (Wildman–Crippen MR) is 86.2 cm³/mol. The fourth-order valence-electron chi connectivity index (χ4n) is 2.60. The zero-order chi connectivity index (χ0) is 15.5. The molecule has 112 valence electrons. The Morgan fingerprint density at radius 1 is 1.05 bits per heavy atom. The van der Waals surface area contributed by atoms with E-state index < -0.39 is 0 Å². The van der Waals surface area contributed by atoms with Gasteiger partial charge in [0.05, 0.1) is 17.7 Å². The van der Waals surface area contributed by atoms with Crippen LogP contribution in [-0.4, -0.2) is 19.7 Å². The molecule has 22 heavy (non-hydrogen) atoms. The molecule has 5 heteroatoms. The minimum Gasteiger partial charge on any atom is -0.303 e. The standard InChI is InChI=1S/C17H18N4O/c1-3-14-16(4-2)21(11-18-14)13-7-5-12(6-8-13)15-9-10-17(22)20-19-15/h5-11H,3-4H2,1-2H3,(H,20,22). The van der Waals surface area contributed by atoms with Crippen molar-refractivity contribution in [3.05, 3.63) is 64.5 Å². The molecule has 3 aromatic rings. The van der Waals surface area contributed by atoms with E-state index in [9.17, 15) is 4.79 Å². The highest BCUT2D eigenvalue weighted by molar-refractivity contribution is 5.60. The maximum absolute atomic E-state index is 11.1. The first kappa shape index (κ1) is 14.3. The molecule has 0 aliphatic carbocycles. The number of nitrogens with zero attached hydrogens (tertiary/aromatic N) is 3. The van der Waals surface area contributed by atoms with E-state index in [1.54, 1.807) is 6.07 Å². The quantitative estimate of drug-likeness (QED) is 0.804. The van der Waals surface area contributed by atoms with E-state index in [1.165, 1.54) is 11.8 Å². The van der Waals surface area contributed by atoms with E-state index in [2.05, 4.69) is 33.6 Å². The van der Waals surface area contributed by atoms with Gasteiger partial charge in [0.25, 0.3) is 5.56 Å². The Morgan fingerprint density at radius 3 is 2.41 bits per heavy atom. The van der Waals surface area contributed by atoms with Gasteiger partial charge in [-0.15, -0.1) is 0 Å². The van der Waals surface area contributed by atoms with Crippen LogP contribution in [0.5, 0.6) is 0 Å². The van der Waals surface area contributed by atoms with Gasteiger partial charge >= 0.3 is 0 Å². The summed E-state index contributed by atoms with van der Waals surface area (Å²) in [5.74, 6) is 0. The third-order valence-electron chi connectivity index (χ3n) is 3.74. The molecule has 0 fully saturated rings. The first-order valence-corrected chi connectivity index (χ1v) is 7.44. The van der Waals surface area contributed by atoms with Crippen molar-refractivity contribution in [2.45, 2.75) is 26.7 Å².